The molecule has 0 aliphatic carbocycles. The normalized spacial score (nSPS) is 22.6. The SMILES string of the molecule is CC(C)(C)OC(=O)N1CCC[C@H]1C1=Nc2ccc3cc(Br)ccc3c2C1.CC1(C)OB(B2OC(C)(C)C(C)(C)O2)OC1(C)C.COC(=O)N[C@H](C(=O)N1CC2(C[C@H]1C1=NC=C(c3ccc(Br)cc3)C1)OCCO2)C(C)C.COC(=O)N[C@H](C(=O)N1CC2(C[C@H]1c1ncc(-c3ccc(-c4ccc5cc(C6=CN=C([C@@H]7CCCN7C(=O)OC(C)(C)C)C6)ccc5c4)cc3)[nH]1)OCCO2)C(C)C. The van der Waals surface area contributed by atoms with E-state index in [1.807, 2.05) is 171 Å². The molecule has 18 rings (SSSR count). The summed E-state index contributed by atoms with van der Waals surface area (Å²) in [5.41, 5.74) is 11.3. The summed E-state index contributed by atoms with van der Waals surface area (Å²) in [6.45, 7) is 39.0. The number of hydrogen-bond donors (Lipinski definition) is 3. The molecule has 0 unspecified atom stereocenters. The lowest BCUT2D eigenvalue weighted by Crippen LogP contribution is -2.54. The van der Waals surface area contributed by atoms with Gasteiger partial charge in [-0.25, -0.2) is 24.2 Å². The number of alkyl carbamates (subject to hydrolysis) is 2. The molecule has 1 aromatic heterocycles. The number of H-pyrrole nitrogens is 1. The summed E-state index contributed by atoms with van der Waals surface area (Å²) in [4.78, 5) is 107. The van der Waals surface area contributed by atoms with Gasteiger partial charge < -0.3 is 81.9 Å². The number of likely N-dealkylation sites (tertiary alicyclic amines) is 4. The molecule has 0 bridgehead atoms. The van der Waals surface area contributed by atoms with Crippen molar-refractivity contribution in [1.29, 1.82) is 0 Å². The van der Waals surface area contributed by atoms with Crippen LogP contribution in [0.25, 0.3) is 55.1 Å². The van der Waals surface area contributed by atoms with Crippen LogP contribution in [-0.2, 0) is 72.5 Å². The number of fused-ring (bicyclic) bond motifs is 4. The zero-order chi connectivity index (χ0) is 96.1. The standard InChI is InChI=1S/C45H52N6O7.C23H28BrN3O5.C21H23BrN2O2.C12H24B2O4/c1-27(2)39(49-42(53)55-6)41(52)51-26-45(56-18-19-57-45)23-38(51)40-47-25-36(48-40)29-11-9-28(10-12-29)30-13-14-32-21-33(16-15-31(32)20-30)34-22-35(46-24-34)37-8-7-17-50(37)43(54)58-44(3,4)5;1-14(2)20(26-22(29)30-3)21(28)27-13-23(31-8-9-32-23)11-19(27)18-10-16(12-25-18)15-4-6-17(24)7-5-15;1-21(2,3)26-20(25)24-10-4-5-19(24)18-12-16-15-8-7-14(22)11-13(15)6-9-17(16)23-18;1-9(2)10(3,4)16-13(15-9)14-17-11(5,6)12(7,8)18-14/h9-16,20-21,24-25,27,37-39H,7-8,17-19,22-23,26H2,1-6H3,(H,47,48)(H,49,53);4-7,12,14,19-20H,8-11,13H2,1-3H3,(H,26,29);6-9,11,19H,4-5,10,12H2,1-3H3;1-8H3/t37-,38-,39-;19-,20-;19-;/m000./s1. The Hall–Kier alpha value is -9.67. The van der Waals surface area contributed by atoms with E-state index in [9.17, 15) is 28.8 Å². The number of hydrogen-bond acceptors (Lipinski definition) is 22. The number of benzene rings is 6. The smallest absolute Gasteiger partial charge is 0.453 e. The molecule has 3 N–H and O–H groups in total. The Balaban J connectivity index is 0.000000151. The molecule has 6 amide bonds. The molecule has 134 heavy (non-hydrogen) atoms. The van der Waals surface area contributed by atoms with Gasteiger partial charge in [-0.15, -0.1) is 0 Å². The van der Waals surface area contributed by atoms with E-state index in [1.54, 1.807) is 16.0 Å². The number of rotatable bonds is 15. The van der Waals surface area contributed by atoms with E-state index in [0.29, 0.717) is 71.0 Å². The highest BCUT2D eigenvalue weighted by Gasteiger charge is 2.64. The highest BCUT2D eigenvalue weighted by atomic mass is 79.9. The van der Waals surface area contributed by atoms with Crippen LogP contribution in [0.1, 0.15) is 205 Å². The van der Waals surface area contributed by atoms with Crippen LogP contribution in [0.4, 0.5) is 24.9 Å². The summed E-state index contributed by atoms with van der Waals surface area (Å²) < 4.78 is 70.7. The lowest BCUT2D eigenvalue weighted by molar-refractivity contribution is -0.153. The van der Waals surface area contributed by atoms with Crippen LogP contribution in [-0.4, -0.2) is 239 Å². The molecule has 714 valence electrons. The Labute approximate surface area is 803 Å². The van der Waals surface area contributed by atoms with Crippen molar-refractivity contribution in [1.82, 2.24) is 40.2 Å². The largest absolute Gasteiger partial charge is 0.488 e. The Morgan fingerprint density at radius 2 is 0.910 bits per heavy atom. The number of halogens is 2. The number of aromatic amines is 1. The van der Waals surface area contributed by atoms with Crippen LogP contribution < -0.4 is 10.6 Å². The molecule has 11 aliphatic rings. The van der Waals surface area contributed by atoms with E-state index in [-0.39, 0.29) is 82.9 Å². The molecule has 33 heteroatoms. The van der Waals surface area contributed by atoms with Crippen LogP contribution in [0.5, 0.6) is 0 Å². The molecule has 12 heterocycles. The molecule has 8 saturated heterocycles. The van der Waals surface area contributed by atoms with Crippen molar-refractivity contribution in [2.45, 2.75) is 264 Å². The Morgan fingerprint density at radius 3 is 1.40 bits per heavy atom. The third-order valence-electron chi connectivity index (χ3n) is 27.3. The van der Waals surface area contributed by atoms with Gasteiger partial charge in [-0.1, -0.05) is 132 Å². The quantitative estimate of drug-likeness (QED) is 0.0634. The number of nitrogens with zero attached hydrogens (tertiary/aromatic N) is 8. The minimum atomic E-state index is -0.920. The Bertz CT molecular complexity index is 5660. The fourth-order valence-corrected chi connectivity index (χ4v) is 19.4. The number of methoxy groups -OCH3 is 2. The molecule has 6 atom stereocenters. The third-order valence-corrected chi connectivity index (χ3v) is 28.3. The third kappa shape index (κ3) is 21.8. The van der Waals surface area contributed by atoms with Crippen LogP contribution in [0.15, 0.2) is 158 Å². The Kier molecular flexibility index (Phi) is 29.1. The van der Waals surface area contributed by atoms with Gasteiger partial charge in [-0.3, -0.25) is 34.4 Å². The highest BCUT2D eigenvalue weighted by molar-refractivity contribution is 9.10. The molecule has 0 radical (unpaired) electrons. The fourth-order valence-electron chi connectivity index (χ4n) is 18.8. The number of imidazole rings is 1. The van der Waals surface area contributed by atoms with Crippen molar-refractivity contribution in [2.75, 3.05) is 66.8 Å². The number of allylic oxidation sites excluding steroid dienone is 2. The first-order chi connectivity index (χ1) is 63.3. The molecular formula is C101H127B2Br2N11O18. The second kappa shape index (κ2) is 39.4. The van der Waals surface area contributed by atoms with Gasteiger partial charge in [0.1, 0.15) is 29.1 Å². The number of ether oxygens (including phenoxy) is 8. The summed E-state index contributed by atoms with van der Waals surface area (Å²) in [6.07, 6.45) is 10.7. The number of aromatic nitrogens is 2. The van der Waals surface area contributed by atoms with Crippen molar-refractivity contribution in [3.05, 3.63) is 165 Å². The fraction of sp³-hybridized carbons (Fsp3) is 0.525. The van der Waals surface area contributed by atoms with Gasteiger partial charge >= 0.3 is 38.4 Å². The van der Waals surface area contributed by atoms with Crippen LogP contribution in [0.2, 0.25) is 0 Å². The predicted molar refractivity (Wildman–Crippen MR) is 524 cm³/mol. The molecule has 29 nitrogen and oxygen atoms in total. The highest BCUT2D eigenvalue weighted by Crippen LogP contribution is 2.48. The number of aliphatic imine (C=N–C) groups is 3. The van der Waals surface area contributed by atoms with E-state index >= 15 is 0 Å². The first-order valence-electron chi connectivity index (χ1n) is 46.6. The van der Waals surface area contributed by atoms with Gasteiger partial charge in [0.25, 0.3) is 0 Å². The first-order valence-corrected chi connectivity index (χ1v) is 48.2. The first kappa shape index (κ1) is 98.8. The number of carbonyl (C=O) groups is 6. The summed E-state index contributed by atoms with van der Waals surface area (Å²) >= 11 is 7.01. The molecule has 0 saturated carbocycles. The van der Waals surface area contributed by atoms with Crippen LogP contribution >= 0.6 is 31.9 Å². The molecular weight excluding hydrogens is 1840 g/mol. The van der Waals surface area contributed by atoms with Gasteiger partial charge in [0.15, 0.2) is 11.6 Å². The van der Waals surface area contributed by atoms with Gasteiger partial charge in [0, 0.05) is 83.7 Å². The topological polar surface area (TPSA) is 316 Å². The summed E-state index contributed by atoms with van der Waals surface area (Å²) in [7, 11) is 1.61. The maximum atomic E-state index is 14.0. The lowest BCUT2D eigenvalue weighted by atomic mass is 9.49. The van der Waals surface area contributed by atoms with Crippen molar-refractivity contribution >= 4 is 138 Å². The second-order valence-electron chi connectivity index (χ2n) is 40.9. The van der Waals surface area contributed by atoms with E-state index in [2.05, 4.69) is 138 Å². The molecule has 2 spiro atoms. The van der Waals surface area contributed by atoms with Crippen molar-refractivity contribution in [3.63, 3.8) is 0 Å². The molecule has 7 aromatic rings. The molecule has 8 fully saturated rings. The predicted octanol–water partition coefficient (Wildman–Crippen LogP) is 19.1. The van der Waals surface area contributed by atoms with Crippen molar-refractivity contribution < 1.29 is 85.3 Å². The van der Waals surface area contributed by atoms with Gasteiger partial charge in [-0.05, 0) is 243 Å². The van der Waals surface area contributed by atoms with Gasteiger partial charge in [-0.2, -0.15) is 0 Å². The molecule has 11 aliphatic heterocycles. The van der Waals surface area contributed by atoms with E-state index in [0.717, 1.165) is 126 Å². The molecule has 6 aromatic carbocycles. The van der Waals surface area contributed by atoms with Crippen LogP contribution in [0.3, 0.4) is 0 Å². The lowest BCUT2D eigenvalue weighted by Gasteiger charge is -2.32. The average Bonchev–Trinajstić information content (AvgIpc) is 1.50. The number of amides is 6. The van der Waals surface area contributed by atoms with Gasteiger partial charge in [0.2, 0.25) is 11.8 Å². The average molecular weight is 1960 g/mol. The van der Waals surface area contributed by atoms with Crippen molar-refractivity contribution in [3.8, 4) is 22.4 Å². The minimum absolute atomic E-state index is 0.0307. The van der Waals surface area contributed by atoms with Crippen LogP contribution in [0, 0.1) is 11.8 Å². The summed E-state index contributed by atoms with van der Waals surface area (Å²) in [5, 5.41) is 10.1. The number of carbonyl (C=O) groups excluding carboxylic acids is 6. The maximum absolute atomic E-state index is 14.0. The zero-order valence-electron chi connectivity index (χ0n) is 80.7. The Morgan fingerprint density at radius 1 is 0.485 bits per heavy atom. The van der Waals surface area contributed by atoms with E-state index in [1.165, 1.54) is 30.6 Å². The van der Waals surface area contributed by atoms with E-state index in [4.69, 9.17) is 76.5 Å². The second-order valence-corrected chi connectivity index (χ2v) is 42.7. The summed E-state index contributed by atoms with van der Waals surface area (Å²) in [5.74, 6) is -1.86. The maximum Gasteiger partial charge on any atom is 0.488 e. The van der Waals surface area contributed by atoms with E-state index < -0.39 is 67.1 Å². The number of nitrogens with one attached hydrogen (secondary N) is 3. The van der Waals surface area contributed by atoms with Gasteiger partial charge in [0.05, 0.1) is 118 Å². The minimum Gasteiger partial charge on any atom is -0.453 e. The monoisotopic (exact) mass is 1960 g/mol. The zero-order valence-corrected chi connectivity index (χ0v) is 83.9. The van der Waals surface area contributed by atoms with Crippen molar-refractivity contribution in [2.24, 2.45) is 26.8 Å². The summed E-state index contributed by atoms with van der Waals surface area (Å²) in [6, 6.07) is 37.8.